The molecule has 1 fully saturated rings. The van der Waals surface area contributed by atoms with Crippen LogP contribution in [-0.2, 0) is 5.54 Å². The van der Waals surface area contributed by atoms with E-state index in [0.717, 1.165) is 17.1 Å². The zero-order valence-corrected chi connectivity index (χ0v) is 15.2. The molecule has 134 valence electrons. The number of imidazole rings is 1. The Kier molecular flexibility index (Phi) is 5.21. The first-order chi connectivity index (χ1) is 12.1. The molecule has 1 heterocycles. The van der Waals surface area contributed by atoms with Crippen LogP contribution >= 0.6 is 0 Å². The monoisotopic (exact) mass is 341 g/mol. The van der Waals surface area contributed by atoms with E-state index in [2.05, 4.69) is 24.6 Å². The molecule has 5 nitrogen and oxygen atoms in total. The van der Waals surface area contributed by atoms with Crippen molar-refractivity contribution < 1.29 is 4.92 Å². The zero-order chi connectivity index (χ0) is 17.9. The summed E-state index contributed by atoms with van der Waals surface area (Å²) in [6.07, 6.45) is 12.0. The van der Waals surface area contributed by atoms with Crippen molar-refractivity contribution in [2.75, 3.05) is 0 Å². The molecule has 0 spiro atoms. The topological polar surface area (TPSA) is 61.0 Å². The van der Waals surface area contributed by atoms with Crippen molar-refractivity contribution in [3.05, 3.63) is 46.4 Å². The van der Waals surface area contributed by atoms with Crippen molar-refractivity contribution in [3.63, 3.8) is 0 Å². The van der Waals surface area contributed by atoms with Crippen molar-refractivity contribution in [1.82, 2.24) is 9.55 Å². The normalized spacial score (nSPS) is 16.7. The molecule has 25 heavy (non-hydrogen) atoms. The van der Waals surface area contributed by atoms with Gasteiger partial charge in [0.15, 0.2) is 0 Å². The smallest absolute Gasteiger partial charge is 0.270 e. The molecule has 0 bridgehead atoms. The SMILES string of the molecule is CCCCC1(n2cc(-c3cccc([N+](=O)[O-])c3)nc2C)CCCCC1. The van der Waals surface area contributed by atoms with E-state index >= 15 is 0 Å². The minimum Gasteiger partial charge on any atom is -0.328 e. The van der Waals surface area contributed by atoms with E-state index in [1.165, 1.54) is 57.4 Å². The van der Waals surface area contributed by atoms with E-state index in [-0.39, 0.29) is 16.1 Å². The molecule has 0 aliphatic heterocycles. The predicted octanol–water partition coefficient (Wildman–Crippen LogP) is 5.62. The second-order valence-corrected chi connectivity index (χ2v) is 7.24. The zero-order valence-electron chi connectivity index (χ0n) is 15.2. The van der Waals surface area contributed by atoms with Crippen LogP contribution in [0.15, 0.2) is 30.5 Å². The molecule has 0 saturated heterocycles. The number of aryl methyl sites for hydroxylation is 1. The Morgan fingerprint density at radius 3 is 2.72 bits per heavy atom. The number of non-ortho nitro benzene ring substituents is 1. The number of benzene rings is 1. The highest BCUT2D eigenvalue weighted by Crippen LogP contribution is 2.41. The summed E-state index contributed by atoms with van der Waals surface area (Å²) in [5.41, 5.74) is 1.94. The second kappa shape index (κ2) is 7.38. The summed E-state index contributed by atoms with van der Waals surface area (Å²) in [5, 5.41) is 11.1. The van der Waals surface area contributed by atoms with Gasteiger partial charge in [0.2, 0.25) is 0 Å². The van der Waals surface area contributed by atoms with Crippen molar-refractivity contribution >= 4 is 5.69 Å². The molecule has 0 N–H and O–H groups in total. The van der Waals surface area contributed by atoms with Gasteiger partial charge in [-0.15, -0.1) is 0 Å². The van der Waals surface area contributed by atoms with Gasteiger partial charge in [0.25, 0.3) is 5.69 Å². The van der Waals surface area contributed by atoms with Gasteiger partial charge in [-0.25, -0.2) is 4.98 Å². The summed E-state index contributed by atoms with van der Waals surface area (Å²) < 4.78 is 2.37. The lowest BCUT2D eigenvalue weighted by atomic mass is 9.78. The van der Waals surface area contributed by atoms with Crippen LogP contribution in [-0.4, -0.2) is 14.5 Å². The standard InChI is InChI=1S/C20H27N3O2/c1-3-4-11-20(12-6-5-7-13-20)22-15-19(21-16(22)2)17-9-8-10-18(14-17)23(24)25/h8-10,14-15H,3-7,11-13H2,1-2H3. The average Bonchev–Trinajstić information content (AvgIpc) is 3.03. The first kappa shape index (κ1) is 17.6. The Morgan fingerprint density at radius 1 is 1.28 bits per heavy atom. The summed E-state index contributed by atoms with van der Waals surface area (Å²) in [6, 6.07) is 6.77. The second-order valence-electron chi connectivity index (χ2n) is 7.24. The van der Waals surface area contributed by atoms with Crippen LogP contribution in [0.1, 0.15) is 64.1 Å². The van der Waals surface area contributed by atoms with Crippen LogP contribution in [0.3, 0.4) is 0 Å². The van der Waals surface area contributed by atoms with E-state index < -0.39 is 0 Å². The quantitative estimate of drug-likeness (QED) is 0.506. The van der Waals surface area contributed by atoms with Crippen molar-refractivity contribution in [2.45, 2.75) is 70.8 Å². The average molecular weight is 341 g/mol. The lowest BCUT2D eigenvalue weighted by Gasteiger charge is -2.39. The summed E-state index contributed by atoms with van der Waals surface area (Å²) in [4.78, 5) is 15.5. The number of hydrogen-bond donors (Lipinski definition) is 0. The molecule has 2 aromatic rings. The molecule has 1 aromatic heterocycles. The molecule has 1 saturated carbocycles. The van der Waals surface area contributed by atoms with Gasteiger partial charge in [-0.05, 0) is 26.2 Å². The summed E-state index contributed by atoms with van der Waals surface area (Å²) >= 11 is 0. The first-order valence-electron chi connectivity index (χ1n) is 9.37. The molecule has 1 aliphatic rings. The van der Waals surface area contributed by atoms with Crippen LogP contribution in [0.5, 0.6) is 0 Å². The number of nitro benzene ring substituents is 1. The van der Waals surface area contributed by atoms with Gasteiger partial charge in [-0.1, -0.05) is 51.2 Å². The highest BCUT2D eigenvalue weighted by atomic mass is 16.6. The lowest BCUT2D eigenvalue weighted by Crippen LogP contribution is -2.36. The van der Waals surface area contributed by atoms with Gasteiger partial charge in [-0.3, -0.25) is 10.1 Å². The maximum absolute atomic E-state index is 11.1. The van der Waals surface area contributed by atoms with Crippen LogP contribution in [0.4, 0.5) is 5.69 Å². The van der Waals surface area contributed by atoms with E-state index in [1.54, 1.807) is 12.1 Å². The molecule has 1 aliphatic carbocycles. The molecular formula is C20H27N3O2. The molecule has 0 unspecified atom stereocenters. The minimum absolute atomic E-state index is 0.114. The van der Waals surface area contributed by atoms with Crippen LogP contribution in [0.2, 0.25) is 0 Å². The van der Waals surface area contributed by atoms with Crippen molar-refractivity contribution in [3.8, 4) is 11.3 Å². The Hall–Kier alpha value is -2.17. The largest absolute Gasteiger partial charge is 0.328 e. The number of rotatable bonds is 6. The lowest BCUT2D eigenvalue weighted by molar-refractivity contribution is -0.384. The third-order valence-electron chi connectivity index (χ3n) is 5.53. The number of aromatic nitrogens is 2. The number of nitrogens with zero attached hydrogens (tertiary/aromatic N) is 3. The minimum atomic E-state index is -0.350. The van der Waals surface area contributed by atoms with E-state index in [9.17, 15) is 10.1 Å². The van der Waals surface area contributed by atoms with E-state index in [4.69, 9.17) is 4.98 Å². The Morgan fingerprint density at radius 2 is 2.04 bits per heavy atom. The fourth-order valence-electron chi connectivity index (χ4n) is 4.20. The molecule has 0 atom stereocenters. The van der Waals surface area contributed by atoms with Crippen LogP contribution < -0.4 is 0 Å². The Labute approximate surface area is 149 Å². The molecule has 0 radical (unpaired) electrons. The van der Waals surface area contributed by atoms with Gasteiger partial charge in [0.1, 0.15) is 5.82 Å². The fourth-order valence-corrected chi connectivity index (χ4v) is 4.20. The summed E-state index contributed by atoms with van der Waals surface area (Å²) in [5.74, 6) is 1.01. The molecule has 3 rings (SSSR count). The van der Waals surface area contributed by atoms with Gasteiger partial charge in [0, 0.05) is 29.4 Å². The highest BCUT2D eigenvalue weighted by molar-refractivity contribution is 5.62. The van der Waals surface area contributed by atoms with Gasteiger partial charge >= 0.3 is 0 Å². The van der Waals surface area contributed by atoms with Crippen LogP contribution in [0, 0.1) is 17.0 Å². The summed E-state index contributed by atoms with van der Waals surface area (Å²) in [6.45, 7) is 4.30. The summed E-state index contributed by atoms with van der Waals surface area (Å²) in [7, 11) is 0. The first-order valence-corrected chi connectivity index (χ1v) is 9.37. The van der Waals surface area contributed by atoms with Crippen molar-refractivity contribution in [2.24, 2.45) is 0 Å². The Bertz CT molecular complexity index is 745. The third kappa shape index (κ3) is 3.60. The van der Waals surface area contributed by atoms with Crippen LogP contribution in [0.25, 0.3) is 11.3 Å². The number of unbranched alkanes of at least 4 members (excludes halogenated alkanes) is 1. The maximum atomic E-state index is 11.1. The predicted molar refractivity (Wildman–Crippen MR) is 99.6 cm³/mol. The van der Waals surface area contributed by atoms with E-state index in [1.807, 2.05) is 6.07 Å². The number of hydrogen-bond acceptors (Lipinski definition) is 3. The van der Waals surface area contributed by atoms with Gasteiger partial charge in [0.05, 0.1) is 10.6 Å². The number of nitro groups is 1. The molecule has 1 aromatic carbocycles. The Balaban J connectivity index is 1.98. The third-order valence-corrected chi connectivity index (χ3v) is 5.53. The van der Waals surface area contributed by atoms with E-state index in [0.29, 0.717) is 0 Å². The fraction of sp³-hybridized carbons (Fsp3) is 0.550. The van der Waals surface area contributed by atoms with Gasteiger partial charge < -0.3 is 4.57 Å². The maximum Gasteiger partial charge on any atom is 0.270 e. The van der Waals surface area contributed by atoms with Gasteiger partial charge in [-0.2, -0.15) is 0 Å². The molecular weight excluding hydrogens is 314 g/mol. The molecule has 5 heteroatoms. The highest BCUT2D eigenvalue weighted by Gasteiger charge is 2.34. The molecule has 0 amide bonds. The van der Waals surface area contributed by atoms with Crippen molar-refractivity contribution in [1.29, 1.82) is 0 Å².